The van der Waals surface area contributed by atoms with Crippen LogP contribution in [0.3, 0.4) is 0 Å². The van der Waals surface area contributed by atoms with E-state index in [0.717, 1.165) is 27.6 Å². The zero-order chi connectivity index (χ0) is 32.8. The largest absolute Gasteiger partial charge is 0.545 e. The standard InChI is InChI=1S/C24H22N2O3.C11H19NO4/c1-25(2)15-9-11-19-21(13-15)29-22-14-16(26(3)4)10-12-20(22)23(19)17-7-5-6-8-18(17)24(27)28;1-3-5-14-7-9-16-10-8-15-6-4-12-11(2)13/h5-14H,1-4H3;1H,4-10H2,2H3,(H,12,13). The third-order valence-corrected chi connectivity index (χ3v) is 6.69. The fraction of sp³-hybridized carbons (Fsp3) is 0.343. The smallest absolute Gasteiger partial charge is 0.216 e. The number of hydrogen-bond acceptors (Lipinski definition) is 8. The van der Waals surface area contributed by atoms with Gasteiger partial charge in [-0.05, 0) is 23.8 Å². The summed E-state index contributed by atoms with van der Waals surface area (Å²) in [5.41, 5.74) is 4.17. The number of aromatic carboxylic acids is 1. The number of carboxylic acid groups (broad SMARTS) is 1. The molecule has 0 radical (unpaired) electrons. The number of benzene rings is 3. The molecule has 0 unspecified atom stereocenters. The second-order valence-electron chi connectivity index (χ2n) is 10.4. The number of nitrogens with zero attached hydrogens (tertiary/aromatic N) is 2. The highest BCUT2D eigenvalue weighted by atomic mass is 16.5. The second kappa shape index (κ2) is 17.6. The summed E-state index contributed by atoms with van der Waals surface area (Å²) in [4.78, 5) is 24.3. The molecule has 1 N–H and O–H groups in total. The second-order valence-corrected chi connectivity index (χ2v) is 10.4. The molecule has 238 valence electrons. The molecule has 4 rings (SSSR count). The van der Waals surface area contributed by atoms with Crippen LogP contribution >= 0.6 is 0 Å². The van der Waals surface area contributed by atoms with E-state index in [2.05, 4.69) is 11.2 Å². The third kappa shape index (κ3) is 10.2. The van der Waals surface area contributed by atoms with E-state index in [0.29, 0.717) is 63.1 Å². The van der Waals surface area contributed by atoms with Crippen LogP contribution in [0, 0.1) is 12.3 Å². The van der Waals surface area contributed by atoms with Gasteiger partial charge in [0.2, 0.25) is 11.3 Å². The number of anilines is 1. The number of hydrogen-bond donors (Lipinski definition) is 1. The van der Waals surface area contributed by atoms with Gasteiger partial charge in [-0.25, -0.2) is 4.58 Å². The number of ether oxygens (including phenoxy) is 3. The number of rotatable bonds is 13. The lowest BCUT2D eigenvalue weighted by atomic mass is 9.90. The first-order chi connectivity index (χ1) is 21.6. The van der Waals surface area contributed by atoms with Crippen LogP contribution in [-0.2, 0) is 19.0 Å². The molecule has 0 spiro atoms. The van der Waals surface area contributed by atoms with E-state index in [1.54, 1.807) is 12.1 Å². The van der Waals surface area contributed by atoms with Crippen molar-refractivity contribution in [2.24, 2.45) is 0 Å². The molecular weight excluding hydrogens is 574 g/mol. The van der Waals surface area contributed by atoms with Gasteiger partial charge < -0.3 is 38.7 Å². The van der Waals surface area contributed by atoms with Crippen LogP contribution in [-0.4, -0.2) is 86.3 Å². The minimum absolute atomic E-state index is 0.0505. The maximum atomic E-state index is 11.8. The van der Waals surface area contributed by atoms with Gasteiger partial charge in [-0.1, -0.05) is 30.2 Å². The van der Waals surface area contributed by atoms with E-state index in [9.17, 15) is 14.7 Å². The molecule has 2 aromatic carbocycles. The van der Waals surface area contributed by atoms with Gasteiger partial charge >= 0.3 is 0 Å². The molecule has 1 aliphatic carbocycles. The summed E-state index contributed by atoms with van der Waals surface area (Å²) in [7, 11) is 7.88. The molecular formula is C35H41N3O7. The van der Waals surface area contributed by atoms with Crippen LogP contribution in [0.25, 0.3) is 33.4 Å². The monoisotopic (exact) mass is 615 g/mol. The molecule has 10 heteroatoms. The number of carbonyl (C=O) groups excluding carboxylic acids is 2. The van der Waals surface area contributed by atoms with Crippen molar-refractivity contribution in [1.82, 2.24) is 9.89 Å². The molecule has 0 bridgehead atoms. The van der Waals surface area contributed by atoms with Crippen LogP contribution in [0.5, 0.6) is 0 Å². The number of fused-ring (bicyclic) bond motifs is 2. The Kier molecular flexibility index (Phi) is 13.6. The molecule has 2 aromatic rings. The van der Waals surface area contributed by atoms with Gasteiger partial charge in [0.25, 0.3) is 0 Å². The SMILES string of the molecule is C#CCOCCOCCOCCNC(C)=O.CN(C)c1ccc2c(-c3ccccc3C(=O)[O-])c3ccc(=[N+](C)C)cc-3oc2c1. The van der Waals surface area contributed by atoms with Crippen LogP contribution in [0.4, 0.5) is 5.69 Å². The first-order valence-electron chi connectivity index (χ1n) is 14.5. The Labute approximate surface area is 264 Å². The highest BCUT2D eigenvalue weighted by Crippen LogP contribution is 2.41. The number of terminal acetylenes is 1. The number of carboxylic acids is 1. The number of nitrogens with one attached hydrogen (secondary N) is 1. The minimum Gasteiger partial charge on any atom is -0.545 e. The van der Waals surface area contributed by atoms with E-state index in [1.807, 2.05) is 86.2 Å². The average Bonchev–Trinajstić information content (AvgIpc) is 3.02. The maximum absolute atomic E-state index is 11.8. The van der Waals surface area contributed by atoms with Gasteiger partial charge in [0.15, 0.2) is 0 Å². The Bertz CT molecular complexity index is 1670. The Morgan fingerprint density at radius 2 is 1.62 bits per heavy atom. The van der Waals surface area contributed by atoms with Crippen molar-refractivity contribution in [2.75, 3.05) is 79.3 Å². The molecule has 0 aromatic heterocycles. The molecule has 1 amide bonds. The van der Waals surface area contributed by atoms with E-state index in [-0.39, 0.29) is 11.5 Å². The van der Waals surface area contributed by atoms with Crippen molar-refractivity contribution in [1.29, 1.82) is 0 Å². The molecule has 0 saturated carbocycles. The van der Waals surface area contributed by atoms with Crippen LogP contribution < -0.4 is 25.3 Å². The molecule has 0 saturated heterocycles. The molecule has 2 aliphatic rings. The van der Waals surface area contributed by atoms with Crippen molar-refractivity contribution >= 4 is 28.5 Å². The Hall–Kier alpha value is -4.69. The predicted octanol–water partition coefficient (Wildman–Crippen LogP) is 2.47. The fourth-order valence-corrected chi connectivity index (χ4v) is 4.46. The summed E-state index contributed by atoms with van der Waals surface area (Å²) in [5, 5.41) is 16.3. The molecule has 45 heavy (non-hydrogen) atoms. The van der Waals surface area contributed by atoms with E-state index < -0.39 is 5.97 Å². The zero-order valence-corrected chi connectivity index (χ0v) is 26.6. The first kappa shape index (κ1) is 34.8. The first-order valence-corrected chi connectivity index (χ1v) is 14.5. The van der Waals surface area contributed by atoms with Crippen LogP contribution in [0.15, 0.2) is 65.1 Å². The van der Waals surface area contributed by atoms with Crippen molar-refractivity contribution in [3.8, 4) is 34.8 Å². The summed E-state index contributed by atoms with van der Waals surface area (Å²) in [6.45, 7) is 4.84. The minimum atomic E-state index is -1.20. The van der Waals surface area contributed by atoms with Gasteiger partial charge in [-0.15, -0.1) is 6.42 Å². The number of amides is 1. The van der Waals surface area contributed by atoms with Gasteiger partial charge in [-0.2, -0.15) is 0 Å². The van der Waals surface area contributed by atoms with E-state index >= 15 is 0 Å². The molecule has 0 atom stereocenters. The van der Waals surface area contributed by atoms with Gasteiger partial charge in [-0.3, -0.25) is 4.79 Å². The summed E-state index contributed by atoms with van der Waals surface area (Å²) in [6, 6.07) is 18.9. The lowest BCUT2D eigenvalue weighted by Gasteiger charge is -2.19. The normalized spacial score (nSPS) is 10.6. The van der Waals surface area contributed by atoms with E-state index in [4.69, 9.17) is 25.1 Å². The Balaban J connectivity index is 0.000000296. The highest BCUT2D eigenvalue weighted by Gasteiger charge is 2.20. The summed E-state index contributed by atoms with van der Waals surface area (Å²) in [5.74, 6) is 1.81. The molecule has 10 nitrogen and oxygen atoms in total. The maximum Gasteiger partial charge on any atom is 0.216 e. The van der Waals surface area contributed by atoms with E-state index in [1.165, 1.54) is 6.92 Å². The topological polar surface area (TPSA) is 116 Å². The van der Waals surface area contributed by atoms with Crippen molar-refractivity contribution < 1.29 is 33.3 Å². The molecule has 1 aliphatic heterocycles. The summed E-state index contributed by atoms with van der Waals surface area (Å²) >= 11 is 0. The average molecular weight is 616 g/mol. The summed E-state index contributed by atoms with van der Waals surface area (Å²) < 4.78 is 23.7. The fourth-order valence-electron chi connectivity index (χ4n) is 4.46. The summed E-state index contributed by atoms with van der Waals surface area (Å²) in [6.07, 6.45) is 4.99. The van der Waals surface area contributed by atoms with Gasteiger partial charge in [0, 0.05) is 67.5 Å². The van der Waals surface area contributed by atoms with Gasteiger partial charge in [0.1, 0.15) is 32.0 Å². The Morgan fingerprint density at radius 1 is 0.933 bits per heavy atom. The van der Waals surface area contributed by atoms with Crippen molar-refractivity contribution in [2.45, 2.75) is 6.92 Å². The zero-order valence-electron chi connectivity index (χ0n) is 26.6. The van der Waals surface area contributed by atoms with Gasteiger partial charge in [0.05, 0.1) is 45.1 Å². The quantitative estimate of drug-likeness (QED) is 0.106. The highest BCUT2D eigenvalue weighted by molar-refractivity contribution is 6.07. The molecule has 0 fully saturated rings. The van der Waals surface area contributed by atoms with Crippen LogP contribution in [0.1, 0.15) is 17.3 Å². The Morgan fingerprint density at radius 3 is 2.27 bits per heavy atom. The predicted molar refractivity (Wildman–Crippen MR) is 174 cm³/mol. The lowest BCUT2D eigenvalue weighted by Crippen LogP contribution is -2.25. The lowest BCUT2D eigenvalue weighted by molar-refractivity contribution is -0.254. The molecule has 1 heterocycles. The number of carbonyl (C=O) groups is 2. The van der Waals surface area contributed by atoms with Crippen LogP contribution in [0.2, 0.25) is 0 Å². The third-order valence-electron chi connectivity index (χ3n) is 6.69. The van der Waals surface area contributed by atoms with Crippen molar-refractivity contribution in [3.05, 3.63) is 71.6 Å². The van der Waals surface area contributed by atoms with Crippen molar-refractivity contribution in [3.63, 3.8) is 0 Å².